The SMILES string of the molecule is COc1ccc(C(=O)CCC(=O)NC[C@]2(C)CCC[C@@]3(C)c4ccc(C(C)C)cc4CC[C@@H]23)cc1. The fourth-order valence-electron chi connectivity index (χ4n) is 6.75. The van der Waals surface area contributed by atoms with E-state index in [1.807, 2.05) is 0 Å². The maximum Gasteiger partial charge on any atom is 0.220 e. The van der Waals surface area contributed by atoms with Crippen LogP contribution in [0.4, 0.5) is 0 Å². The van der Waals surface area contributed by atoms with Crippen LogP contribution < -0.4 is 10.1 Å². The van der Waals surface area contributed by atoms with E-state index in [1.54, 1.807) is 31.4 Å². The highest BCUT2D eigenvalue weighted by Gasteiger charge is 2.51. The van der Waals surface area contributed by atoms with Crippen LogP contribution in [0.25, 0.3) is 0 Å². The van der Waals surface area contributed by atoms with E-state index in [-0.39, 0.29) is 35.4 Å². The van der Waals surface area contributed by atoms with Crippen molar-refractivity contribution >= 4 is 11.7 Å². The van der Waals surface area contributed by atoms with Gasteiger partial charge in [-0.1, -0.05) is 52.3 Å². The van der Waals surface area contributed by atoms with Gasteiger partial charge >= 0.3 is 0 Å². The van der Waals surface area contributed by atoms with Crippen LogP contribution in [0, 0.1) is 11.3 Å². The molecule has 4 nitrogen and oxygen atoms in total. The number of carbonyl (C=O) groups is 2. The molecule has 0 unspecified atom stereocenters. The van der Waals surface area contributed by atoms with Gasteiger partial charge in [-0.2, -0.15) is 0 Å². The van der Waals surface area contributed by atoms with Crippen molar-refractivity contribution in [2.24, 2.45) is 11.3 Å². The summed E-state index contributed by atoms with van der Waals surface area (Å²) in [7, 11) is 1.60. The van der Waals surface area contributed by atoms with E-state index in [4.69, 9.17) is 4.74 Å². The average Bonchev–Trinajstić information content (AvgIpc) is 2.85. The van der Waals surface area contributed by atoms with Gasteiger partial charge in [0.1, 0.15) is 5.75 Å². The highest BCUT2D eigenvalue weighted by molar-refractivity contribution is 5.98. The first kappa shape index (κ1) is 25.5. The zero-order valence-corrected chi connectivity index (χ0v) is 22.1. The summed E-state index contributed by atoms with van der Waals surface area (Å²) in [6.07, 6.45) is 6.28. The molecule has 4 rings (SSSR count). The topological polar surface area (TPSA) is 55.4 Å². The smallest absolute Gasteiger partial charge is 0.220 e. The van der Waals surface area contributed by atoms with Crippen LogP contribution in [0.15, 0.2) is 42.5 Å². The molecule has 1 N–H and O–H groups in total. The Morgan fingerprint density at radius 2 is 1.80 bits per heavy atom. The van der Waals surface area contributed by atoms with Crippen molar-refractivity contribution in [3.05, 3.63) is 64.7 Å². The van der Waals surface area contributed by atoms with Gasteiger partial charge in [-0.25, -0.2) is 0 Å². The third-order valence-corrected chi connectivity index (χ3v) is 8.85. The van der Waals surface area contributed by atoms with Crippen molar-refractivity contribution in [3.8, 4) is 5.75 Å². The van der Waals surface area contributed by atoms with Gasteiger partial charge in [0.25, 0.3) is 0 Å². The molecule has 2 aromatic rings. The third-order valence-electron chi connectivity index (χ3n) is 8.85. The van der Waals surface area contributed by atoms with Crippen molar-refractivity contribution in [2.45, 2.75) is 84.0 Å². The van der Waals surface area contributed by atoms with Crippen LogP contribution in [-0.2, 0) is 16.6 Å². The molecule has 188 valence electrons. The van der Waals surface area contributed by atoms with Gasteiger partial charge in [0, 0.05) is 24.9 Å². The molecule has 1 amide bonds. The van der Waals surface area contributed by atoms with Crippen molar-refractivity contribution < 1.29 is 14.3 Å². The van der Waals surface area contributed by atoms with E-state index in [2.05, 4.69) is 51.2 Å². The summed E-state index contributed by atoms with van der Waals surface area (Å²) in [4.78, 5) is 25.2. The summed E-state index contributed by atoms with van der Waals surface area (Å²) in [5.41, 5.74) is 5.33. The largest absolute Gasteiger partial charge is 0.497 e. The summed E-state index contributed by atoms with van der Waals surface area (Å²) in [6, 6.07) is 14.2. The summed E-state index contributed by atoms with van der Waals surface area (Å²) < 4.78 is 5.15. The van der Waals surface area contributed by atoms with Crippen LogP contribution in [0.5, 0.6) is 5.75 Å². The van der Waals surface area contributed by atoms with Gasteiger partial charge < -0.3 is 10.1 Å². The zero-order valence-electron chi connectivity index (χ0n) is 22.1. The number of carbonyl (C=O) groups excluding carboxylic acids is 2. The van der Waals surface area contributed by atoms with Crippen LogP contribution in [0.3, 0.4) is 0 Å². The van der Waals surface area contributed by atoms with Crippen molar-refractivity contribution in [3.63, 3.8) is 0 Å². The van der Waals surface area contributed by atoms with Gasteiger partial charge in [-0.05, 0) is 89.3 Å². The van der Waals surface area contributed by atoms with Crippen LogP contribution in [0.1, 0.15) is 99.2 Å². The average molecular weight is 476 g/mol. The van der Waals surface area contributed by atoms with Gasteiger partial charge in [0.2, 0.25) is 5.91 Å². The number of nitrogens with one attached hydrogen (secondary N) is 1. The van der Waals surface area contributed by atoms with Crippen LogP contribution in [0.2, 0.25) is 0 Å². The van der Waals surface area contributed by atoms with Crippen LogP contribution >= 0.6 is 0 Å². The molecule has 0 spiro atoms. The molecule has 1 saturated carbocycles. The number of methoxy groups -OCH3 is 1. The molecule has 2 aromatic carbocycles. The standard InChI is InChI=1S/C31H41NO3/c1-21(2)23-9-13-26-24(19-23)10-15-28-30(3,17-6-18-31(26,28)4)20-32-29(34)16-14-27(33)22-7-11-25(35-5)12-8-22/h7-9,11-13,19,21,28H,6,10,14-18,20H2,1-5H3,(H,32,34)/t28-,30-,31-/m0/s1. The number of fused-ring (bicyclic) bond motifs is 3. The molecule has 0 saturated heterocycles. The summed E-state index contributed by atoms with van der Waals surface area (Å²) in [5.74, 6) is 1.77. The first-order valence-corrected chi connectivity index (χ1v) is 13.2. The van der Waals surface area contributed by atoms with E-state index in [0.717, 1.165) is 18.6 Å². The molecule has 3 atom stereocenters. The lowest BCUT2D eigenvalue weighted by Gasteiger charge is -2.55. The third kappa shape index (κ3) is 5.17. The lowest BCUT2D eigenvalue weighted by Crippen LogP contribution is -2.53. The number of ether oxygens (including phenoxy) is 1. The van der Waals surface area contributed by atoms with Crippen molar-refractivity contribution in [1.29, 1.82) is 0 Å². The molecule has 0 heterocycles. The highest BCUT2D eigenvalue weighted by atomic mass is 16.5. The number of Topliss-reactive ketones (excluding diaryl/α,β-unsaturated/α-hetero) is 1. The number of hydrogen-bond donors (Lipinski definition) is 1. The minimum atomic E-state index is -0.0295. The van der Waals surface area contributed by atoms with Gasteiger partial charge in [0.15, 0.2) is 5.78 Å². The number of ketones is 1. The predicted molar refractivity (Wildman–Crippen MR) is 141 cm³/mol. The van der Waals surface area contributed by atoms with Crippen LogP contribution in [-0.4, -0.2) is 25.3 Å². The molecule has 2 aliphatic rings. The van der Waals surface area contributed by atoms with E-state index >= 15 is 0 Å². The maximum atomic E-state index is 12.7. The lowest BCUT2D eigenvalue weighted by atomic mass is 9.49. The molecule has 35 heavy (non-hydrogen) atoms. The molecule has 2 aliphatic carbocycles. The first-order chi connectivity index (χ1) is 16.7. The van der Waals surface area contributed by atoms with E-state index in [9.17, 15) is 9.59 Å². The number of aryl methyl sites for hydroxylation is 1. The maximum absolute atomic E-state index is 12.7. The molecule has 0 radical (unpaired) electrons. The molecule has 1 fully saturated rings. The minimum Gasteiger partial charge on any atom is -0.497 e. The Kier molecular flexibility index (Phi) is 7.40. The quantitative estimate of drug-likeness (QED) is 0.437. The molecule has 4 heteroatoms. The molecule has 0 aliphatic heterocycles. The zero-order chi connectivity index (χ0) is 25.2. The fourth-order valence-corrected chi connectivity index (χ4v) is 6.75. The fraction of sp³-hybridized carbons (Fsp3) is 0.548. The predicted octanol–water partition coefficient (Wildman–Crippen LogP) is 6.61. The van der Waals surface area contributed by atoms with E-state index in [0.29, 0.717) is 23.9 Å². The molecular formula is C31H41NO3. The Bertz CT molecular complexity index is 1070. The number of amides is 1. The first-order valence-electron chi connectivity index (χ1n) is 13.2. The Hall–Kier alpha value is -2.62. The Balaban J connectivity index is 1.38. The minimum absolute atomic E-state index is 0.0103. The second kappa shape index (κ2) is 10.2. The molecule has 0 bridgehead atoms. The monoisotopic (exact) mass is 475 g/mol. The number of rotatable bonds is 8. The summed E-state index contributed by atoms with van der Waals surface area (Å²) in [6.45, 7) is 10.0. The lowest BCUT2D eigenvalue weighted by molar-refractivity contribution is -0.122. The number of benzene rings is 2. The second-order valence-corrected chi connectivity index (χ2v) is 11.5. The van der Waals surface area contributed by atoms with Gasteiger partial charge in [-0.3, -0.25) is 9.59 Å². The Morgan fingerprint density at radius 1 is 1.06 bits per heavy atom. The molecule has 0 aromatic heterocycles. The Morgan fingerprint density at radius 3 is 2.49 bits per heavy atom. The highest BCUT2D eigenvalue weighted by Crippen LogP contribution is 2.57. The van der Waals surface area contributed by atoms with Crippen molar-refractivity contribution in [2.75, 3.05) is 13.7 Å². The normalized spacial score (nSPS) is 25.5. The Labute approximate surface area is 210 Å². The summed E-state index contributed by atoms with van der Waals surface area (Å²) >= 11 is 0. The van der Waals surface area contributed by atoms with Gasteiger partial charge in [-0.15, -0.1) is 0 Å². The molecular weight excluding hydrogens is 434 g/mol. The van der Waals surface area contributed by atoms with Gasteiger partial charge in [0.05, 0.1) is 7.11 Å². The van der Waals surface area contributed by atoms with Crippen molar-refractivity contribution in [1.82, 2.24) is 5.32 Å². The summed E-state index contributed by atoms with van der Waals surface area (Å²) in [5, 5.41) is 3.21. The second-order valence-electron chi connectivity index (χ2n) is 11.5. The van der Waals surface area contributed by atoms with E-state index in [1.165, 1.54) is 36.0 Å². The number of hydrogen-bond acceptors (Lipinski definition) is 3. The van der Waals surface area contributed by atoms with E-state index < -0.39 is 0 Å².